The average Bonchev–Trinajstić information content (AvgIpc) is 2.74. The Labute approximate surface area is 202 Å². The number of carbonyl (C=O) groups is 2. The summed E-state index contributed by atoms with van der Waals surface area (Å²) in [6.45, 7) is 9.20. The lowest BCUT2D eigenvalue weighted by atomic mass is 9.63. The monoisotopic (exact) mass is 455 g/mol. The van der Waals surface area contributed by atoms with Crippen molar-refractivity contribution in [2.75, 3.05) is 0 Å². The molecular weight excluding hydrogens is 422 g/mol. The highest BCUT2D eigenvalue weighted by atomic mass is 16.3. The minimum absolute atomic E-state index is 0.0850. The van der Waals surface area contributed by atoms with E-state index >= 15 is 0 Å². The van der Waals surface area contributed by atoms with Crippen molar-refractivity contribution < 1.29 is 14.7 Å². The normalized spacial score (nSPS) is 22.1. The third kappa shape index (κ3) is 3.89. The van der Waals surface area contributed by atoms with Gasteiger partial charge in [0.2, 0.25) is 0 Å². The van der Waals surface area contributed by atoms with E-state index in [0.29, 0.717) is 36.1 Å². The van der Waals surface area contributed by atoms with Gasteiger partial charge in [0, 0.05) is 53.4 Å². The summed E-state index contributed by atoms with van der Waals surface area (Å²) in [6.07, 6.45) is 2.40. The van der Waals surface area contributed by atoms with E-state index in [2.05, 4.69) is 44.7 Å². The van der Waals surface area contributed by atoms with Crippen LogP contribution in [0.25, 0.3) is 0 Å². The topological polar surface area (TPSA) is 57.6 Å². The summed E-state index contributed by atoms with van der Waals surface area (Å²) in [7, 11) is 0. The van der Waals surface area contributed by atoms with Crippen LogP contribution in [0.4, 0.5) is 0 Å². The fraction of sp³-hybridized carbons (Fsp3) is 0.400. The fourth-order valence-corrected chi connectivity index (χ4v) is 6.05. The van der Waals surface area contributed by atoms with Gasteiger partial charge >= 0.3 is 0 Å². The number of benzene rings is 2. The maximum Gasteiger partial charge on any atom is 0.162 e. The van der Waals surface area contributed by atoms with Gasteiger partial charge in [0.25, 0.3) is 0 Å². The Morgan fingerprint density at radius 1 is 0.765 bits per heavy atom. The van der Waals surface area contributed by atoms with Gasteiger partial charge in [-0.15, -0.1) is 0 Å². The molecule has 4 heteroatoms. The Hall–Kier alpha value is -3.14. The molecular formula is C30H33NO3. The number of aromatic hydroxyl groups is 1. The number of phenolic OH excluding ortho intramolecular Hbond substituents is 1. The van der Waals surface area contributed by atoms with Crippen molar-refractivity contribution in [1.82, 2.24) is 4.90 Å². The van der Waals surface area contributed by atoms with Gasteiger partial charge in [0.1, 0.15) is 5.75 Å². The molecule has 5 rings (SSSR count). The number of allylic oxidation sites excluding steroid dienone is 4. The maximum absolute atomic E-state index is 13.7. The summed E-state index contributed by atoms with van der Waals surface area (Å²) in [5.41, 5.74) is 4.90. The Morgan fingerprint density at radius 3 is 1.79 bits per heavy atom. The molecule has 0 aromatic heterocycles. The van der Waals surface area contributed by atoms with E-state index in [1.807, 2.05) is 30.3 Å². The number of ketones is 2. The second-order valence-corrected chi connectivity index (χ2v) is 11.7. The summed E-state index contributed by atoms with van der Waals surface area (Å²) in [5, 5.41) is 10.8. The lowest BCUT2D eigenvalue weighted by molar-refractivity contribution is -0.119. The van der Waals surface area contributed by atoms with Gasteiger partial charge in [-0.3, -0.25) is 9.59 Å². The van der Waals surface area contributed by atoms with Crippen molar-refractivity contribution >= 4 is 11.6 Å². The molecule has 0 atom stereocenters. The first-order valence-corrected chi connectivity index (χ1v) is 12.2. The van der Waals surface area contributed by atoms with E-state index in [1.54, 1.807) is 12.1 Å². The van der Waals surface area contributed by atoms with Crippen LogP contribution < -0.4 is 0 Å². The predicted molar refractivity (Wildman–Crippen MR) is 133 cm³/mol. The molecule has 0 radical (unpaired) electrons. The van der Waals surface area contributed by atoms with Gasteiger partial charge < -0.3 is 10.0 Å². The number of Topliss-reactive ketones (excluding diaryl/α,β-unsaturated/α-hetero) is 2. The van der Waals surface area contributed by atoms with Crippen LogP contribution in [0.3, 0.4) is 0 Å². The molecule has 176 valence electrons. The molecule has 1 aliphatic heterocycles. The SMILES string of the molecule is CC1(C)CC(=O)C2=C(C1)N(Cc1ccccc1)C1=C(C(=O)CC(C)(C)C1)C2c1ccccc1O. The first kappa shape index (κ1) is 22.6. The molecule has 0 unspecified atom stereocenters. The summed E-state index contributed by atoms with van der Waals surface area (Å²) in [6, 6.07) is 17.4. The third-order valence-electron chi connectivity index (χ3n) is 7.45. The molecule has 1 heterocycles. The number of carbonyl (C=O) groups excluding carboxylic acids is 2. The summed E-state index contributed by atoms with van der Waals surface area (Å²) < 4.78 is 0. The average molecular weight is 456 g/mol. The number of hydrogen-bond donors (Lipinski definition) is 1. The largest absolute Gasteiger partial charge is 0.508 e. The van der Waals surface area contributed by atoms with Gasteiger partial charge in [0.05, 0.1) is 0 Å². The van der Waals surface area contributed by atoms with Crippen molar-refractivity contribution in [3.63, 3.8) is 0 Å². The number of para-hydroxylation sites is 1. The van der Waals surface area contributed by atoms with Crippen molar-refractivity contribution in [3.05, 3.63) is 88.3 Å². The van der Waals surface area contributed by atoms with Crippen LogP contribution in [-0.4, -0.2) is 21.6 Å². The van der Waals surface area contributed by atoms with Crippen molar-refractivity contribution in [3.8, 4) is 5.75 Å². The van der Waals surface area contributed by atoms with E-state index in [4.69, 9.17) is 0 Å². The van der Waals surface area contributed by atoms with Gasteiger partial charge in [-0.05, 0) is 35.3 Å². The second kappa shape index (κ2) is 7.97. The first-order chi connectivity index (χ1) is 16.1. The highest BCUT2D eigenvalue weighted by Gasteiger charge is 2.49. The summed E-state index contributed by atoms with van der Waals surface area (Å²) in [4.78, 5) is 29.8. The number of phenols is 1. The third-order valence-corrected chi connectivity index (χ3v) is 7.45. The molecule has 0 bridgehead atoms. The molecule has 4 nitrogen and oxygen atoms in total. The van der Waals surface area contributed by atoms with Crippen LogP contribution in [0.5, 0.6) is 5.75 Å². The second-order valence-electron chi connectivity index (χ2n) is 11.7. The molecule has 34 heavy (non-hydrogen) atoms. The van der Waals surface area contributed by atoms with Crippen LogP contribution in [-0.2, 0) is 16.1 Å². The first-order valence-electron chi connectivity index (χ1n) is 12.2. The quantitative estimate of drug-likeness (QED) is 0.592. The molecule has 0 amide bonds. The van der Waals surface area contributed by atoms with Crippen molar-refractivity contribution in [2.45, 2.75) is 65.8 Å². The van der Waals surface area contributed by atoms with Gasteiger partial charge in [-0.25, -0.2) is 0 Å². The number of rotatable bonds is 3. The summed E-state index contributed by atoms with van der Waals surface area (Å²) in [5.74, 6) is -0.202. The van der Waals surface area contributed by atoms with E-state index in [-0.39, 0.29) is 28.1 Å². The van der Waals surface area contributed by atoms with Crippen LogP contribution >= 0.6 is 0 Å². The minimum atomic E-state index is -0.509. The number of nitrogens with zero attached hydrogens (tertiary/aromatic N) is 1. The Kier molecular flexibility index (Phi) is 5.31. The molecule has 0 saturated heterocycles. The zero-order valence-corrected chi connectivity index (χ0v) is 20.5. The zero-order valence-electron chi connectivity index (χ0n) is 20.5. The standard InChI is InChI=1S/C30H33NO3/c1-29(2)14-21-27(24(33)16-29)26(20-12-8-9-13-23(20)32)28-22(15-30(3,4)17-25(28)34)31(21)18-19-10-6-5-7-11-19/h5-13,26,32H,14-18H2,1-4H3. The Morgan fingerprint density at radius 2 is 1.26 bits per heavy atom. The smallest absolute Gasteiger partial charge is 0.162 e. The number of hydrogen-bond acceptors (Lipinski definition) is 4. The Balaban J connectivity index is 1.78. The molecule has 2 aliphatic carbocycles. The van der Waals surface area contributed by atoms with Gasteiger partial charge in [0.15, 0.2) is 11.6 Å². The molecule has 3 aliphatic rings. The van der Waals surface area contributed by atoms with Crippen molar-refractivity contribution in [2.24, 2.45) is 10.8 Å². The predicted octanol–water partition coefficient (Wildman–Crippen LogP) is 6.28. The lowest BCUT2D eigenvalue weighted by Gasteiger charge is -2.49. The highest BCUT2D eigenvalue weighted by Crippen LogP contribution is 2.55. The molecule has 0 spiro atoms. The molecule has 0 saturated carbocycles. The minimum Gasteiger partial charge on any atom is -0.508 e. The lowest BCUT2D eigenvalue weighted by Crippen LogP contribution is -2.44. The van der Waals surface area contributed by atoms with E-state index < -0.39 is 5.92 Å². The maximum atomic E-state index is 13.7. The molecule has 1 N–H and O–H groups in total. The van der Waals surface area contributed by atoms with E-state index in [1.165, 1.54) is 0 Å². The van der Waals surface area contributed by atoms with E-state index in [9.17, 15) is 14.7 Å². The van der Waals surface area contributed by atoms with Crippen LogP contribution in [0.2, 0.25) is 0 Å². The van der Waals surface area contributed by atoms with Crippen molar-refractivity contribution in [1.29, 1.82) is 0 Å². The zero-order chi connectivity index (χ0) is 24.3. The van der Waals surface area contributed by atoms with E-state index in [0.717, 1.165) is 29.8 Å². The fourth-order valence-electron chi connectivity index (χ4n) is 6.05. The summed E-state index contributed by atoms with van der Waals surface area (Å²) >= 11 is 0. The molecule has 2 aromatic carbocycles. The van der Waals surface area contributed by atoms with Crippen LogP contribution in [0, 0.1) is 10.8 Å². The Bertz CT molecular complexity index is 1180. The molecule has 0 fully saturated rings. The molecule has 2 aromatic rings. The van der Waals surface area contributed by atoms with Crippen LogP contribution in [0.15, 0.2) is 77.1 Å². The van der Waals surface area contributed by atoms with Crippen LogP contribution in [0.1, 0.15) is 70.4 Å². The highest BCUT2D eigenvalue weighted by molar-refractivity contribution is 6.07. The van der Waals surface area contributed by atoms with Gasteiger partial charge in [-0.2, -0.15) is 0 Å². The van der Waals surface area contributed by atoms with Gasteiger partial charge in [-0.1, -0.05) is 76.2 Å².